The number of nitrogens with zero attached hydrogens (tertiary/aromatic N) is 2. The zero-order chi connectivity index (χ0) is 22.1. The lowest BCUT2D eigenvalue weighted by Gasteiger charge is -2.11. The second kappa shape index (κ2) is 8.52. The fraction of sp³-hybridized carbons (Fsp3) is 0.182. The van der Waals surface area contributed by atoms with Crippen LogP contribution in [0.4, 0.5) is 5.69 Å². The van der Waals surface area contributed by atoms with Crippen molar-refractivity contribution in [1.29, 1.82) is 0 Å². The average Bonchev–Trinajstić information content (AvgIpc) is 3.27. The molecule has 0 atom stereocenters. The third kappa shape index (κ3) is 4.33. The van der Waals surface area contributed by atoms with Crippen LogP contribution in [0, 0.1) is 20.8 Å². The van der Waals surface area contributed by atoms with Crippen molar-refractivity contribution in [2.24, 2.45) is 5.73 Å². The first kappa shape index (κ1) is 21.1. The highest BCUT2D eigenvalue weighted by Gasteiger charge is 2.21. The summed E-state index contributed by atoms with van der Waals surface area (Å²) in [7, 11) is 0. The van der Waals surface area contributed by atoms with Crippen molar-refractivity contribution in [1.82, 2.24) is 10.1 Å². The van der Waals surface area contributed by atoms with Crippen molar-refractivity contribution < 1.29 is 14.1 Å². The highest BCUT2D eigenvalue weighted by molar-refractivity contribution is 8.00. The van der Waals surface area contributed by atoms with Gasteiger partial charge >= 0.3 is 0 Å². The normalized spacial score (nSPS) is 11.1. The number of thioether (sulfide) groups is 1. The second-order valence-corrected chi connectivity index (χ2v) is 9.51. The number of amides is 2. The van der Waals surface area contributed by atoms with Crippen LogP contribution in [0.5, 0.6) is 0 Å². The molecule has 3 N–H and O–H groups in total. The number of primary amides is 1. The largest absolute Gasteiger partial charge is 0.369 e. The molecule has 4 aromatic rings. The summed E-state index contributed by atoms with van der Waals surface area (Å²) in [4.78, 5) is 32.1. The summed E-state index contributed by atoms with van der Waals surface area (Å²) in [6.07, 6.45) is 0. The number of hydrogen-bond donors (Lipinski definition) is 2. The number of rotatable bonds is 6. The molecule has 7 nitrogen and oxygen atoms in total. The van der Waals surface area contributed by atoms with Gasteiger partial charge in [-0.1, -0.05) is 17.3 Å². The summed E-state index contributed by atoms with van der Waals surface area (Å²) in [5.41, 5.74) is 8.82. The first-order valence-corrected chi connectivity index (χ1v) is 11.3. The zero-order valence-corrected chi connectivity index (χ0v) is 18.8. The van der Waals surface area contributed by atoms with E-state index in [4.69, 9.17) is 10.3 Å². The number of pyridine rings is 1. The molecule has 0 spiro atoms. The van der Waals surface area contributed by atoms with Crippen molar-refractivity contribution in [2.75, 3.05) is 11.1 Å². The summed E-state index contributed by atoms with van der Waals surface area (Å²) >= 11 is 2.95. The van der Waals surface area contributed by atoms with Crippen molar-refractivity contribution >= 4 is 51.7 Å². The van der Waals surface area contributed by atoms with E-state index in [0.717, 1.165) is 20.2 Å². The lowest BCUT2D eigenvalue weighted by Crippen LogP contribution is -2.15. The van der Waals surface area contributed by atoms with E-state index in [1.165, 1.54) is 11.8 Å². The molecule has 0 radical (unpaired) electrons. The quantitative estimate of drug-likeness (QED) is 0.410. The number of nitrogens with two attached hydrogens (primary N) is 1. The molecule has 3 heterocycles. The average molecular weight is 453 g/mol. The summed E-state index contributed by atoms with van der Waals surface area (Å²) < 4.78 is 5.39. The first-order chi connectivity index (χ1) is 14.8. The molecule has 0 unspecified atom stereocenters. The Morgan fingerprint density at radius 3 is 2.68 bits per heavy atom. The third-order valence-corrected chi connectivity index (χ3v) is 6.75. The van der Waals surface area contributed by atoms with Crippen LogP contribution in [0.15, 0.2) is 45.8 Å². The molecule has 0 bridgehead atoms. The Balaban J connectivity index is 1.76. The number of aryl methyl sites for hydroxylation is 3. The summed E-state index contributed by atoms with van der Waals surface area (Å²) in [5.74, 6) is -0.609. The topological polar surface area (TPSA) is 111 Å². The van der Waals surface area contributed by atoms with Gasteiger partial charge in [0.1, 0.15) is 0 Å². The molecule has 2 amide bonds. The Kier molecular flexibility index (Phi) is 5.79. The number of nitrogens with one attached hydrogen (secondary N) is 1. The minimum atomic E-state index is -0.423. The van der Waals surface area contributed by atoms with E-state index >= 15 is 0 Å². The highest BCUT2D eigenvalue weighted by Crippen LogP contribution is 2.34. The number of carbonyl (C=O) groups excluding carboxylic acids is 2. The van der Waals surface area contributed by atoms with Crippen molar-refractivity contribution in [3.8, 4) is 11.3 Å². The molecule has 31 heavy (non-hydrogen) atoms. The number of fused-ring (bicyclic) bond motifs is 1. The van der Waals surface area contributed by atoms with E-state index in [0.29, 0.717) is 33.7 Å². The van der Waals surface area contributed by atoms with E-state index in [1.54, 1.807) is 30.4 Å². The van der Waals surface area contributed by atoms with Gasteiger partial charge in [0.05, 0.1) is 33.8 Å². The Morgan fingerprint density at radius 2 is 1.97 bits per heavy atom. The predicted molar refractivity (Wildman–Crippen MR) is 124 cm³/mol. The molecule has 0 saturated carbocycles. The number of para-hydroxylation sites is 1. The summed E-state index contributed by atoms with van der Waals surface area (Å²) in [5, 5.41) is 7.53. The van der Waals surface area contributed by atoms with E-state index < -0.39 is 5.91 Å². The van der Waals surface area contributed by atoms with Gasteiger partial charge in [-0.05, 0) is 45.0 Å². The minimum absolute atomic E-state index is 0.123. The number of hydrogen-bond acceptors (Lipinski definition) is 7. The number of thiophene rings is 1. The molecular formula is C22H20N4O3S2. The molecule has 0 fully saturated rings. The number of anilines is 1. The van der Waals surface area contributed by atoms with Crippen LogP contribution in [-0.4, -0.2) is 27.7 Å². The molecule has 0 aliphatic heterocycles. The molecule has 0 aliphatic carbocycles. The van der Waals surface area contributed by atoms with Gasteiger partial charge in [0.25, 0.3) is 11.6 Å². The molecular weight excluding hydrogens is 432 g/mol. The Bertz CT molecular complexity index is 1310. The van der Waals surface area contributed by atoms with Crippen LogP contribution in [0.3, 0.4) is 0 Å². The standard InChI is InChI=1S/C22H20N4O3S2/c1-11-8-14(13(3)31-11)17-9-15(20-12(2)26-29-22(20)25-17)21(28)24-16-6-4-5-7-18(16)30-10-19(23)27/h4-9H,10H2,1-3H3,(H2,23,27)(H,24,28). The molecule has 4 rings (SSSR count). The Hall–Kier alpha value is -3.17. The van der Waals surface area contributed by atoms with Crippen LogP contribution in [0.2, 0.25) is 0 Å². The van der Waals surface area contributed by atoms with Gasteiger partial charge < -0.3 is 15.6 Å². The van der Waals surface area contributed by atoms with Gasteiger partial charge in [-0.2, -0.15) is 0 Å². The monoisotopic (exact) mass is 452 g/mol. The van der Waals surface area contributed by atoms with E-state index in [2.05, 4.69) is 21.5 Å². The zero-order valence-electron chi connectivity index (χ0n) is 17.2. The van der Waals surface area contributed by atoms with Crippen molar-refractivity contribution in [2.45, 2.75) is 25.7 Å². The van der Waals surface area contributed by atoms with E-state index in [9.17, 15) is 9.59 Å². The van der Waals surface area contributed by atoms with Gasteiger partial charge in [0.15, 0.2) is 0 Å². The van der Waals surface area contributed by atoms with Crippen molar-refractivity contribution in [3.05, 3.63) is 57.4 Å². The first-order valence-electron chi connectivity index (χ1n) is 9.49. The summed E-state index contributed by atoms with van der Waals surface area (Å²) in [6, 6.07) is 11.1. The van der Waals surface area contributed by atoms with E-state index in [-0.39, 0.29) is 11.7 Å². The van der Waals surface area contributed by atoms with Gasteiger partial charge in [0, 0.05) is 20.2 Å². The Labute approximate surface area is 187 Å². The number of aromatic nitrogens is 2. The molecule has 9 heteroatoms. The maximum absolute atomic E-state index is 13.3. The molecule has 0 saturated heterocycles. The van der Waals surface area contributed by atoms with Crippen molar-refractivity contribution in [3.63, 3.8) is 0 Å². The molecule has 3 aromatic heterocycles. The smallest absolute Gasteiger partial charge is 0.259 e. The van der Waals surface area contributed by atoms with Gasteiger partial charge in [-0.15, -0.1) is 23.1 Å². The minimum Gasteiger partial charge on any atom is -0.369 e. The fourth-order valence-electron chi connectivity index (χ4n) is 3.33. The lowest BCUT2D eigenvalue weighted by molar-refractivity contribution is -0.115. The van der Waals surface area contributed by atoms with Gasteiger partial charge in [-0.25, -0.2) is 4.98 Å². The van der Waals surface area contributed by atoms with Crippen LogP contribution in [0.25, 0.3) is 22.4 Å². The van der Waals surface area contributed by atoms with Crippen LogP contribution in [0.1, 0.15) is 25.8 Å². The number of benzene rings is 1. The van der Waals surface area contributed by atoms with Crippen LogP contribution in [-0.2, 0) is 4.79 Å². The molecule has 158 valence electrons. The predicted octanol–water partition coefficient (Wildman–Crippen LogP) is 4.71. The third-order valence-electron chi connectivity index (χ3n) is 4.68. The number of carbonyl (C=O) groups is 2. The fourth-order valence-corrected chi connectivity index (χ4v) is 5.01. The second-order valence-electron chi connectivity index (χ2n) is 7.04. The van der Waals surface area contributed by atoms with Gasteiger partial charge in [0.2, 0.25) is 5.91 Å². The van der Waals surface area contributed by atoms with Crippen LogP contribution < -0.4 is 11.1 Å². The molecule has 1 aromatic carbocycles. The highest BCUT2D eigenvalue weighted by atomic mass is 32.2. The lowest BCUT2D eigenvalue weighted by atomic mass is 10.1. The van der Waals surface area contributed by atoms with Gasteiger partial charge in [-0.3, -0.25) is 9.59 Å². The maximum Gasteiger partial charge on any atom is 0.259 e. The SMILES string of the molecule is Cc1cc(-c2cc(C(=O)Nc3ccccc3SCC(N)=O)c3c(C)noc3n2)c(C)s1. The van der Waals surface area contributed by atoms with E-state index in [1.807, 2.05) is 32.0 Å². The van der Waals surface area contributed by atoms with Crippen LogP contribution >= 0.6 is 23.1 Å². The Morgan fingerprint density at radius 1 is 1.19 bits per heavy atom. The maximum atomic E-state index is 13.3. The molecule has 0 aliphatic rings. The summed E-state index contributed by atoms with van der Waals surface area (Å²) in [6.45, 7) is 5.84.